The Hall–Kier alpha value is -4.30. The Labute approximate surface area is 217 Å². The largest absolute Gasteiger partial charge is 0.465 e. The van der Waals surface area contributed by atoms with E-state index in [0.29, 0.717) is 52.4 Å². The molecular weight excluding hydrogens is 492 g/mol. The van der Waals surface area contributed by atoms with Gasteiger partial charge in [-0.05, 0) is 24.3 Å². The second kappa shape index (κ2) is 9.87. The molecule has 4 aromatic rings. The summed E-state index contributed by atoms with van der Waals surface area (Å²) in [4.78, 5) is 30.5. The lowest BCUT2D eigenvalue weighted by Crippen LogP contribution is -2.57. The maximum Gasteiger partial charge on any atom is 0.407 e. The van der Waals surface area contributed by atoms with E-state index >= 15 is 0 Å². The Morgan fingerprint density at radius 2 is 0.974 bits per heavy atom. The van der Waals surface area contributed by atoms with E-state index in [1.54, 1.807) is 0 Å². The number of nitrogens with zero attached hydrogens (tertiary/aromatic N) is 10. The third kappa shape index (κ3) is 4.26. The molecule has 14 nitrogen and oxygen atoms in total. The summed E-state index contributed by atoms with van der Waals surface area (Å²) < 4.78 is 3.77. The van der Waals surface area contributed by atoms with Gasteiger partial charge < -0.3 is 20.0 Å². The minimum atomic E-state index is -0.934. The third-order valence-corrected chi connectivity index (χ3v) is 7.44. The Morgan fingerprint density at radius 3 is 1.34 bits per heavy atom. The van der Waals surface area contributed by atoms with E-state index in [9.17, 15) is 19.8 Å². The summed E-state index contributed by atoms with van der Waals surface area (Å²) in [5.74, 6) is 0. The topological polar surface area (TPSA) is 149 Å². The first-order chi connectivity index (χ1) is 18.5. The van der Waals surface area contributed by atoms with Gasteiger partial charge in [-0.15, -0.1) is 10.2 Å². The second-order valence-electron chi connectivity index (χ2n) is 9.48. The number of fused-ring (bicyclic) bond motifs is 2. The van der Waals surface area contributed by atoms with Crippen LogP contribution in [0.2, 0.25) is 0 Å². The van der Waals surface area contributed by atoms with E-state index in [4.69, 9.17) is 0 Å². The van der Waals surface area contributed by atoms with Crippen molar-refractivity contribution in [1.29, 1.82) is 0 Å². The van der Waals surface area contributed by atoms with Crippen LogP contribution >= 0.6 is 0 Å². The Morgan fingerprint density at radius 1 is 0.605 bits per heavy atom. The van der Waals surface area contributed by atoms with E-state index in [0.717, 1.165) is 22.1 Å². The highest BCUT2D eigenvalue weighted by atomic mass is 16.4. The first-order valence-corrected chi connectivity index (χ1v) is 12.5. The molecule has 2 aliphatic rings. The molecule has 38 heavy (non-hydrogen) atoms. The maximum absolute atomic E-state index is 11.6. The zero-order valence-electron chi connectivity index (χ0n) is 20.6. The summed E-state index contributed by atoms with van der Waals surface area (Å²) in [6.45, 7) is 3.39. The average Bonchev–Trinajstić information content (AvgIpc) is 3.56. The van der Waals surface area contributed by atoms with Gasteiger partial charge in [-0.1, -0.05) is 34.7 Å². The van der Waals surface area contributed by atoms with Crippen molar-refractivity contribution in [2.75, 3.05) is 52.4 Å². The van der Waals surface area contributed by atoms with E-state index in [1.807, 2.05) is 57.9 Å². The molecule has 2 saturated heterocycles. The van der Waals surface area contributed by atoms with Gasteiger partial charge in [0, 0.05) is 52.4 Å². The molecule has 2 aliphatic heterocycles. The molecule has 2 aromatic carbocycles. The van der Waals surface area contributed by atoms with Crippen molar-refractivity contribution in [3.63, 3.8) is 0 Å². The predicted molar refractivity (Wildman–Crippen MR) is 135 cm³/mol. The van der Waals surface area contributed by atoms with Gasteiger partial charge in [0.1, 0.15) is 23.4 Å². The molecule has 0 spiro atoms. The number of aromatic nitrogens is 6. The molecule has 0 radical (unpaired) electrons. The van der Waals surface area contributed by atoms with Gasteiger partial charge in [-0.25, -0.2) is 19.0 Å². The highest BCUT2D eigenvalue weighted by Crippen LogP contribution is 2.35. The van der Waals surface area contributed by atoms with Gasteiger partial charge in [0.2, 0.25) is 0 Å². The summed E-state index contributed by atoms with van der Waals surface area (Å²) in [5.41, 5.74) is 3.19. The summed E-state index contributed by atoms with van der Waals surface area (Å²) >= 11 is 0. The van der Waals surface area contributed by atoms with Crippen molar-refractivity contribution >= 4 is 34.3 Å². The number of hydrogen-bond acceptors (Lipinski definition) is 8. The average molecular weight is 521 g/mol. The van der Waals surface area contributed by atoms with E-state index in [1.165, 1.54) is 9.80 Å². The van der Waals surface area contributed by atoms with Crippen LogP contribution in [0.1, 0.15) is 12.3 Å². The van der Waals surface area contributed by atoms with Gasteiger partial charge in [0.15, 0.2) is 0 Å². The Kier molecular flexibility index (Phi) is 6.25. The summed E-state index contributed by atoms with van der Waals surface area (Å²) in [5, 5.41) is 37.1. The number of piperazine rings is 2. The minimum Gasteiger partial charge on any atom is -0.465 e. The molecule has 0 saturated carbocycles. The fourth-order valence-corrected chi connectivity index (χ4v) is 5.46. The molecule has 2 aromatic heterocycles. The molecule has 0 aliphatic carbocycles. The van der Waals surface area contributed by atoms with Crippen LogP contribution in [0.25, 0.3) is 22.1 Å². The van der Waals surface area contributed by atoms with Gasteiger partial charge in [0.25, 0.3) is 0 Å². The normalized spacial score (nSPS) is 19.2. The highest BCUT2D eigenvalue weighted by molar-refractivity contribution is 5.75. The van der Waals surface area contributed by atoms with Gasteiger partial charge in [0.05, 0.1) is 11.0 Å². The molecule has 2 unspecified atom stereocenters. The molecule has 2 N–H and O–H groups in total. The Bertz CT molecular complexity index is 1340. The van der Waals surface area contributed by atoms with Crippen LogP contribution in [0.4, 0.5) is 9.59 Å². The fourth-order valence-electron chi connectivity index (χ4n) is 5.46. The van der Waals surface area contributed by atoms with E-state index in [2.05, 4.69) is 30.4 Å². The predicted octanol–water partition coefficient (Wildman–Crippen LogP) is 1.46. The van der Waals surface area contributed by atoms with Crippen molar-refractivity contribution in [2.24, 2.45) is 0 Å². The lowest BCUT2D eigenvalue weighted by molar-refractivity contribution is -0.0457. The molecule has 2 amide bonds. The van der Waals surface area contributed by atoms with Crippen LogP contribution in [0.5, 0.6) is 0 Å². The number of carboxylic acid groups (broad SMARTS) is 2. The number of carbonyl (C=O) groups is 2. The number of para-hydroxylation sites is 2. The molecule has 2 fully saturated rings. The summed E-state index contributed by atoms with van der Waals surface area (Å²) in [6, 6.07) is 15.4. The molecule has 2 atom stereocenters. The lowest BCUT2D eigenvalue weighted by atomic mass is 10.2. The molecule has 0 bridgehead atoms. The zero-order chi connectivity index (χ0) is 26.2. The van der Waals surface area contributed by atoms with Crippen LogP contribution in [0.15, 0.2) is 48.5 Å². The van der Waals surface area contributed by atoms with E-state index in [-0.39, 0.29) is 0 Å². The zero-order valence-corrected chi connectivity index (χ0v) is 20.6. The smallest absolute Gasteiger partial charge is 0.407 e. The van der Waals surface area contributed by atoms with Crippen LogP contribution in [0.3, 0.4) is 0 Å². The molecule has 6 rings (SSSR count). The van der Waals surface area contributed by atoms with Crippen LogP contribution < -0.4 is 0 Å². The van der Waals surface area contributed by atoms with Crippen molar-refractivity contribution in [1.82, 2.24) is 49.6 Å². The number of rotatable bonds is 5. The standard InChI is InChI=1S/C24H28N10O4/c35-23(36)31-13-9-29(10-14-31)21(33-19-7-3-1-5-17(19)25-27-33)22(30-11-15-32(16-12-30)24(37)38)34-20-8-4-2-6-18(20)26-28-34/h1-8,21-22H,9-16H2,(H,35,36)(H,37,38). The van der Waals surface area contributed by atoms with Crippen molar-refractivity contribution in [3.8, 4) is 0 Å². The second-order valence-corrected chi connectivity index (χ2v) is 9.48. The monoisotopic (exact) mass is 520 g/mol. The molecule has 14 heteroatoms. The van der Waals surface area contributed by atoms with Gasteiger partial charge >= 0.3 is 12.2 Å². The van der Waals surface area contributed by atoms with Gasteiger partial charge in [-0.3, -0.25) is 9.80 Å². The first-order valence-electron chi connectivity index (χ1n) is 12.5. The third-order valence-electron chi connectivity index (χ3n) is 7.44. The number of benzene rings is 2. The highest BCUT2D eigenvalue weighted by Gasteiger charge is 2.41. The van der Waals surface area contributed by atoms with Crippen molar-refractivity contribution in [2.45, 2.75) is 12.3 Å². The Balaban J connectivity index is 1.47. The van der Waals surface area contributed by atoms with Crippen LogP contribution in [-0.4, -0.2) is 124 Å². The van der Waals surface area contributed by atoms with Crippen LogP contribution in [-0.2, 0) is 0 Å². The molecular formula is C24H28N10O4. The number of hydrogen-bond donors (Lipinski definition) is 2. The van der Waals surface area contributed by atoms with Crippen molar-refractivity contribution in [3.05, 3.63) is 48.5 Å². The molecule has 198 valence electrons. The lowest BCUT2D eigenvalue weighted by Gasteiger charge is -2.46. The number of amides is 2. The maximum atomic E-state index is 11.6. The summed E-state index contributed by atoms with van der Waals surface area (Å²) in [6.07, 6.45) is -2.70. The first kappa shape index (κ1) is 24.1. The van der Waals surface area contributed by atoms with Crippen LogP contribution in [0, 0.1) is 0 Å². The van der Waals surface area contributed by atoms with Crippen molar-refractivity contribution < 1.29 is 19.8 Å². The molecule has 4 heterocycles. The van der Waals surface area contributed by atoms with Gasteiger partial charge in [-0.2, -0.15) is 0 Å². The summed E-state index contributed by atoms with van der Waals surface area (Å²) in [7, 11) is 0. The quantitative estimate of drug-likeness (QED) is 0.396. The minimum absolute atomic E-state index is 0.357. The SMILES string of the molecule is O=C(O)N1CCN(C(C(N2CCN(C(=O)O)CC2)n2nnc3ccccc32)n2nnc3ccccc32)CC1. The van der Waals surface area contributed by atoms with E-state index < -0.39 is 24.5 Å². The fraction of sp³-hybridized carbons (Fsp3) is 0.417.